The van der Waals surface area contributed by atoms with E-state index in [2.05, 4.69) is 35.2 Å². The van der Waals surface area contributed by atoms with E-state index < -0.39 is 0 Å². The van der Waals surface area contributed by atoms with Crippen molar-refractivity contribution in [2.75, 3.05) is 18.4 Å². The number of unbranched alkanes of at least 4 members (excludes halogenated alkanes) is 9. The molecule has 44 heavy (non-hydrogen) atoms. The predicted octanol–water partition coefficient (Wildman–Crippen LogP) is 10.8. The van der Waals surface area contributed by atoms with Crippen LogP contribution in [0.1, 0.15) is 99.6 Å². The molecule has 0 aromatic carbocycles. The summed E-state index contributed by atoms with van der Waals surface area (Å²) in [5.41, 5.74) is 4.34. The first-order valence-electron chi connectivity index (χ1n) is 16.3. The van der Waals surface area contributed by atoms with Gasteiger partial charge in [0.1, 0.15) is 0 Å². The first-order chi connectivity index (χ1) is 21.6. The van der Waals surface area contributed by atoms with E-state index >= 15 is 0 Å². The van der Waals surface area contributed by atoms with Gasteiger partial charge in [0.05, 0.1) is 32.3 Å². The van der Waals surface area contributed by atoms with E-state index in [4.69, 9.17) is 0 Å². The number of amides is 2. The molecule has 2 aromatic heterocycles. The predicted molar refractivity (Wildman–Crippen MR) is 193 cm³/mol. The zero-order chi connectivity index (χ0) is 31.1. The summed E-state index contributed by atoms with van der Waals surface area (Å²) in [4.78, 5) is 34.1. The standard InChI is InChI=1S/C37H47BrN2O2S2/c1-3-5-6-7-10-15-25-39-34(30-22-17-27-43-30)32-33(36(39)41)35(31-23-18-28-44-31)40(37(32)42)26-16-11-8-9-12-20-29(19-4-2)21-13-14-24-38/h3-4,17-18,20,22-23,27-28H,1-2,5-16,19,21,24-26H2/b29-20+. The number of carbonyl (C=O) groups excluding carboxylic acids is 2. The second-order valence-corrected chi connectivity index (χ2v) is 14.2. The van der Waals surface area contributed by atoms with Gasteiger partial charge in [-0.25, -0.2) is 0 Å². The summed E-state index contributed by atoms with van der Waals surface area (Å²) in [6, 6.07) is 8.09. The Morgan fingerprint density at radius 1 is 0.705 bits per heavy atom. The van der Waals surface area contributed by atoms with E-state index in [1.807, 2.05) is 57.0 Å². The molecular formula is C37H47BrN2O2S2. The molecule has 0 aliphatic carbocycles. The van der Waals surface area contributed by atoms with Crippen LogP contribution in [-0.4, -0.2) is 40.0 Å². The van der Waals surface area contributed by atoms with Crippen LogP contribution < -0.4 is 0 Å². The Morgan fingerprint density at radius 2 is 1.25 bits per heavy atom. The Morgan fingerprint density at radius 3 is 1.73 bits per heavy atom. The largest absolute Gasteiger partial charge is 0.306 e. The fourth-order valence-corrected chi connectivity index (χ4v) is 8.03. The summed E-state index contributed by atoms with van der Waals surface area (Å²) in [5, 5.41) is 5.12. The van der Waals surface area contributed by atoms with Crippen LogP contribution in [-0.2, 0) is 9.59 Å². The van der Waals surface area contributed by atoms with E-state index in [9.17, 15) is 9.59 Å². The third kappa shape index (κ3) is 8.82. The van der Waals surface area contributed by atoms with Crippen LogP contribution in [0.15, 0.2) is 83.1 Å². The number of allylic oxidation sites excluding steroid dienone is 4. The highest BCUT2D eigenvalue weighted by Crippen LogP contribution is 2.48. The van der Waals surface area contributed by atoms with E-state index in [1.165, 1.54) is 18.4 Å². The van der Waals surface area contributed by atoms with Gasteiger partial charge in [-0.3, -0.25) is 9.59 Å². The second kappa shape index (κ2) is 18.5. The summed E-state index contributed by atoms with van der Waals surface area (Å²) in [7, 11) is 0. The molecular weight excluding hydrogens is 648 g/mol. The summed E-state index contributed by atoms with van der Waals surface area (Å²) in [5.74, 6) is -0.0406. The number of thiophene rings is 2. The van der Waals surface area contributed by atoms with Crippen molar-refractivity contribution >= 4 is 61.8 Å². The van der Waals surface area contributed by atoms with Gasteiger partial charge in [-0.1, -0.05) is 77.5 Å². The summed E-state index contributed by atoms with van der Waals surface area (Å²) in [6.45, 7) is 9.02. The van der Waals surface area contributed by atoms with Crippen molar-refractivity contribution < 1.29 is 9.59 Å². The molecule has 0 unspecified atom stereocenters. The maximum absolute atomic E-state index is 14.2. The van der Waals surface area contributed by atoms with E-state index in [0.717, 1.165) is 104 Å². The molecule has 2 aliphatic rings. The van der Waals surface area contributed by atoms with Crippen LogP contribution in [0.4, 0.5) is 0 Å². The van der Waals surface area contributed by atoms with Crippen molar-refractivity contribution in [1.82, 2.24) is 9.80 Å². The maximum atomic E-state index is 14.2. The van der Waals surface area contributed by atoms with Crippen molar-refractivity contribution in [3.63, 3.8) is 0 Å². The monoisotopic (exact) mass is 694 g/mol. The number of alkyl halides is 1. The Bertz CT molecular complexity index is 1340. The minimum atomic E-state index is -0.0213. The number of halogens is 1. The molecule has 0 saturated carbocycles. The summed E-state index contributed by atoms with van der Waals surface area (Å²) >= 11 is 6.73. The second-order valence-electron chi connectivity index (χ2n) is 11.5. The molecule has 236 valence electrons. The number of carbonyl (C=O) groups is 2. The fourth-order valence-electron chi connectivity index (χ4n) is 6.07. The molecule has 2 amide bonds. The van der Waals surface area contributed by atoms with Crippen LogP contribution >= 0.6 is 38.6 Å². The molecule has 7 heteroatoms. The lowest BCUT2D eigenvalue weighted by Gasteiger charge is -2.24. The van der Waals surface area contributed by atoms with Crippen molar-refractivity contribution in [1.29, 1.82) is 0 Å². The lowest BCUT2D eigenvalue weighted by Crippen LogP contribution is -2.30. The van der Waals surface area contributed by atoms with E-state index in [0.29, 0.717) is 24.2 Å². The topological polar surface area (TPSA) is 40.6 Å². The highest BCUT2D eigenvalue weighted by Gasteiger charge is 2.48. The van der Waals surface area contributed by atoms with Crippen LogP contribution in [0, 0.1) is 0 Å². The Labute approximate surface area is 281 Å². The maximum Gasteiger partial charge on any atom is 0.261 e. The average Bonchev–Trinajstić information content (AvgIpc) is 3.83. The van der Waals surface area contributed by atoms with Gasteiger partial charge in [-0.05, 0) is 87.1 Å². The van der Waals surface area contributed by atoms with Gasteiger partial charge in [0.2, 0.25) is 0 Å². The number of nitrogens with zero attached hydrogens (tertiary/aromatic N) is 2. The highest BCUT2D eigenvalue weighted by molar-refractivity contribution is 9.09. The summed E-state index contributed by atoms with van der Waals surface area (Å²) in [6.07, 6.45) is 21.6. The summed E-state index contributed by atoms with van der Waals surface area (Å²) < 4.78 is 0. The Balaban J connectivity index is 1.44. The molecule has 2 aromatic rings. The molecule has 0 radical (unpaired) electrons. The third-order valence-corrected chi connectivity index (χ3v) is 10.6. The van der Waals surface area contributed by atoms with Crippen LogP contribution in [0.5, 0.6) is 0 Å². The molecule has 0 bridgehead atoms. The quantitative estimate of drug-likeness (QED) is 0.0699. The zero-order valence-electron chi connectivity index (χ0n) is 26.0. The van der Waals surface area contributed by atoms with Crippen LogP contribution in [0.2, 0.25) is 0 Å². The molecule has 0 N–H and O–H groups in total. The lowest BCUT2D eigenvalue weighted by molar-refractivity contribution is -0.124. The van der Waals surface area contributed by atoms with E-state index in [-0.39, 0.29) is 11.8 Å². The Hall–Kier alpha value is -2.48. The molecule has 0 fully saturated rings. The van der Waals surface area contributed by atoms with Crippen molar-refractivity contribution in [3.05, 3.63) is 92.9 Å². The number of rotatable bonds is 22. The molecule has 0 atom stereocenters. The third-order valence-electron chi connectivity index (χ3n) is 8.29. The van der Waals surface area contributed by atoms with Crippen molar-refractivity contribution in [3.8, 4) is 0 Å². The smallest absolute Gasteiger partial charge is 0.261 e. The minimum Gasteiger partial charge on any atom is -0.306 e. The average molecular weight is 696 g/mol. The first kappa shape index (κ1) is 34.4. The van der Waals surface area contributed by atoms with Gasteiger partial charge in [0, 0.05) is 18.4 Å². The highest BCUT2D eigenvalue weighted by atomic mass is 79.9. The molecule has 4 heterocycles. The van der Waals surface area contributed by atoms with Gasteiger partial charge < -0.3 is 9.80 Å². The van der Waals surface area contributed by atoms with E-state index in [1.54, 1.807) is 22.7 Å². The van der Waals surface area contributed by atoms with Gasteiger partial charge in [-0.15, -0.1) is 35.8 Å². The number of hydrogen-bond donors (Lipinski definition) is 0. The molecule has 4 nitrogen and oxygen atoms in total. The van der Waals surface area contributed by atoms with Crippen molar-refractivity contribution in [2.24, 2.45) is 0 Å². The molecule has 0 spiro atoms. The van der Waals surface area contributed by atoms with Gasteiger partial charge in [-0.2, -0.15) is 0 Å². The van der Waals surface area contributed by atoms with Gasteiger partial charge in [0.15, 0.2) is 0 Å². The SMILES string of the molecule is C=CCCCCCCN1C(=O)C2=C(c3cccs3)N(CCCCCC/C=C(\CC=C)CCCCBr)C(=O)C2=C1c1cccs1. The number of hydrogen-bond acceptors (Lipinski definition) is 4. The minimum absolute atomic E-state index is 0.0193. The normalized spacial score (nSPS) is 15.2. The zero-order valence-corrected chi connectivity index (χ0v) is 29.3. The van der Waals surface area contributed by atoms with Gasteiger partial charge >= 0.3 is 0 Å². The number of fused-ring (bicyclic) bond motifs is 1. The van der Waals surface area contributed by atoms with Crippen molar-refractivity contribution in [2.45, 2.75) is 89.9 Å². The van der Waals surface area contributed by atoms with Gasteiger partial charge in [0.25, 0.3) is 11.8 Å². The molecule has 2 aliphatic heterocycles. The Kier molecular flexibility index (Phi) is 14.4. The fraction of sp³-hybridized carbons (Fsp3) is 0.459. The molecule has 4 rings (SSSR count). The van der Waals surface area contributed by atoms with Crippen LogP contribution in [0.25, 0.3) is 11.4 Å². The first-order valence-corrected chi connectivity index (χ1v) is 19.2. The molecule has 0 saturated heterocycles. The lowest BCUT2D eigenvalue weighted by atomic mass is 10.0. The van der Waals surface area contributed by atoms with Crippen LogP contribution in [0.3, 0.4) is 0 Å².